The van der Waals surface area contributed by atoms with Crippen LogP contribution in [0.4, 0.5) is 17.6 Å². The summed E-state index contributed by atoms with van der Waals surface area (Å²) < 4.78 is 51.6. The fourth-order valence-electron chi connectivity index (χ4n) is 3.55. The van der Waals surface area contributed by atoms with Crippen LogP contribution in [0.1, 0.15) is 38.7 Å². The molecule has 2 aliphatic rings. The van der Waals surface area contributed by atoms with Crippen LogP contribution >= 0.6 is 0 Å². The molecule has 0 bridgehead atoms. The highest BCUT2D eigenvalue weighted by molar-refractivity contribution is 5.73. The Bertz CT molecular complexity index is 659. The van der Waals surface area contributed by atoms with Crippen LogP contribution in [0.2, 0.25) is 0 Å². The summed E-state index contributed by atoms with van der Waals surface area (Å²) in [6.45, 7) is 8.15. The number of carboxylic acids is 1. The molecular weight excluding hydrogens is 380 g/mol. The van der Waals surface area contributed by atoms with Crippen molar-refractivity contribution in [1.82, 2.24) is 9.88 Å². The van der Waals surface area contributed by atoms with Crippen LogP contribution in [-0.2, 0) is 16.1 Å². The van der Waals surface area contributed by atoms with E-state index >= 15 is 0 Å². The van der Waals surface area contributed by atoms with Crippen molar-refractivity contribution in [2.24, 2.45) is 11.8 Å². The normalized spacial score (nSPS) is 22.2. The number of aliphatic carboxylic acids is 1. The van der Waals surface area contributed by atoms with Gasteiger partial charge in [-0.25, -0.2) is 9.18 Å². The molecule has 3 heterocycles. The number of alkyl halides is 3. The van der Waals surface area contributed by atoms with E-state index in [1.54, 1.807) is 12.3 Å². The average Bonchev–Trinajstić information content (AvgIpc) is 3.03. The van der Waals surface area contributed by atoms with E-state index in [0.29, 0.717) is 18.4 Å². The lowest BCUT2D eigenvalue weighted by Gasteiger charge is -2.39. The van der Waals surface area contributed by atoms with Crippen LogP contribution in [0.25, 0.3) is 0 Å². The number of carboxylic acid groups (broad SMARTS) is 1. The topological polar surface area (TPSA) is 62.7 Å². The van der Waals surface area contributed by atoms with Crippen LogP contribution in [0.5, 0.6) is 0 Å². The average molecular weight is 406 g/mol. The number of likely N-dealkylation sites (tertiary alicyclic amines) is 1. The van der Waals surface area contributed by atoms with E-state index in [4.69, 9.17) is 14.6 Å². The molecular formula is C19H26F4N2O3. The van der Waals surface area contributed by atoms with Gasteiger partial charge in [0, 0.05) is 31.4 Å². The molecule has 0 aromatic carbocycles. The first-order chi connectivity index (χ1) is 13.0. The van der Waals surface area contributed by atoms with E-state index < -0.39 is 12.1 Å². The molecule has 1 aromatic heterocycles. The summed E-state index contributed by atoms with van der Waals surface area (Å²) in [4.78, 5) is 15.0. The largest absolute Gasteiger partial charge is 0.490 e. The van der Waals surface area contributed by atoms with Crippen molar-refractivity contribution in [3.05, 3.63) is 29.8 Å². The van der Waals surface area contributed by atoms with Gasteiger partial charge >= 0.3 is 12.1 Å². The maximum atomic E-state index is 13.7. The van der Waals surface area contributed by atoms with Gasteiger partial charge in [0.25, 0.3) is 0 Å². The molecule has 1 spiro atoms. The lowest BCUT2D eigenvalue weighted by molar-refractivity contribution is -0.192. The van der Waals surface area contributed by atoms with Gasteiger partial charge in [-0.3, -0.25) is 9.88 Å². The number of piperidine rings is 1. The highest BCUT2D eigenvalue weighted by atomic mass is 19.4. The van der Waals surface area contributed by atoms with Crippen LogP contribution in [0, 0.1) is 17.7 Å². The highest BCUT2D eigenvalue weighted by Crippen LogP contribution is 2.41. The minimum atomic E-state index is -5.08. The minimum absolute atomic E-state index is 0.0994. The van der Waals surface area contributed by atoms with E-state index in [0.717, 1.165) is 38.1 Å². The van der Waals surface area contributed by atoms with Gasteiger partial charge in [-0.2, -0.15) is 13.2 Å². The fourth-order valence-corrected chi connectivity index (χ4v) is 3.55. The SMILES string of the molecule is CC(C)C1COC2(CCN(Cc3ccncc3F)CC2)C1.O=C(O)C(F)(F)F. The van der Waals surface area contributed by atoms with Gasteiger partial charge in [0.15, 0.2) is 0 Å². The first kappa shape index (κ1) is 22.5. The van der Waals surface area contributed by atoms with Crippen LogP contribution in [0.3, 0.4) is 0 Å². The van der Waals surface area contributed by atoms with Crippen LogP contribution < -0.4 is 0 Å². The Hall–Kier alpha value is -1.74. The van der Waals surface area contributed by atoms with Crippen LogP contribution in [0.15, 0.2) is 18.5 Å². The standard InChI is InChI=1S/C17H25FN2O.C2HF3O2/c1-13(2)15-9-17(21-12-15)4-7-20(8-5-17)11-14-3-6-19-10-16(14)18;3-2(4,5)1(6)7/h3,6,10,13,15H,4-5,7-9,11-12H2,1-2H3;(H,6,7). The highest BCUT2D eigenvalue weighted by Gasteiger charge is 2.43. The summed E-state index contributed by atoms with van der Waals surface area (Å²) in [7, 11) is 0. The molecule has 158 valence electrons. The van der Waals surface area contributed by atoms with Gasteiger partial charge in [-0.1, -0.05) is 13.8 Å². The lowest BCUT2D eigenvalue weighted by atomic mass is 9.82. The van der Waals surface area contributed by atoms with E-state index in [-0.39, 0.29) is 11.4 Å². The summed E-state index contributed by atoms with van der Waals surface area (Å²) >= 11 is 0. The van der Waals surface area contributed by atoms with Gasteiger partial charge in [0.2, 0.25) is 0 Å². The molecule has 5 nitrogen and oxygen atoms in total. The maximum absolute atomic E-state index is 13.7. The maximum Gasteiger partial charge on any atom is 0.490 e. The third-order valence-electron chi connectivity index (χ3n) is 5.44. The third-order valence-corrected chi connectivity index (χ3v) is 5.44. The number of ether oxygens (including phenoxy) is 1. The van der Waals surface area contributed by atoms with Gasteiger partial charge in [0.1, 0.15) is 5.82 Å². The number of pyridine rings is 1. The predicted molar refractivity (Wildman–Crippen MR) is 94.0 cm³/mol. The number of rotatable bonds is 3. The fraction of sp³-hybridized carbons (Fsp3) is 0.684. The molecule has 0 radical (unpaired) electrons. The van der Waals surface area contributed by atoms with Gasteiger partial charge < -0.3 is 9.84 Å². The summed E-state index contributed by atoms with van der Waals surface area (Å²) in [6.07, 6.45) is 1.22. The molecule has 1 aromatic rings. The van der Waals surface area contributed by atoms with Crippen molar-refractivity contribution in [3.8, 4) is 0 Å². The van der Waals surface area contributed by atoms with Crippen molar-refractivity contribution >= 4 is 5.97 Å². The summed E-state index contributed by atoms with van der Waals surface area (Å²) in [6, 6.07) is 1.78. The number of aromatic nitrogens is 1. The molecule has 2 saturated heterocycles. The summed E-state index contributed by atoms with van der Waals surface area (Å²) in [5, 5.41) is 7.12. The van der Waals surface area contributed by atoms with E-state index in [9.17, 15) is 17.6 Å². The quantitative estimate of drug-likeness (QED) is 0.772. The van der Waals surface area contributed by atoms with E-state index in [1.165, 1.54) is 12.6 Å². The predicted octanol–water partition coefficient (Wildman–Crippen LogP) is 3.88. The molecule has 2 aliphatic heterocycles. The van der Waals surface area contributed by atoms with Crippen molar-refractivity contribution < 1.29 is 32.2 Å². The summed E-state index contributed by atoms with van der Waals surface area (Å²) in [5.74, 6) is -1.55. The molecule has 3 rings (SSSR count). The zero-order valence-corrected chi connectivity index (χ0v) is 16.0. The molecule has 1 atom stereocenters. The number of nitrogens with zero attached hydrogens (tertiary/aromatic N) is 2. The number of carbonyl (C=O) groups is 1. The molecule has 2 fully saturated rings. The molecule has 0 aliphatic carbocycles. The Labute approximate surface area is 161 Å². The second-order valence-electron chi connectivity index (χ2n) is 7.75. The van der Waals surface area contributed by atoms with E-state index in [2.05, 4.69) is 23.7 Å². The Kier molecular flexibility index (Phi) is 7.39. The van der Waals surface area contributed by atoms with Gasteiger partial charge in [-0.15, -0.1) is 0 Å². The lowest BCUT2D eigenvalue weighted by Crippen LogP contribution is -2.43. The first-order valence-electron chi connectivity index (χ1n) is 9.27. The molecule has 0 saturated carbocycles. The van der Waals surface area contributed by atoms with Crippen molar-refractivity contribution in [2.75, 3.05) is 19.7 Å². The summed E-state index contributed by atoms with van der Waals surface area (Å²) in [5.41, 5.74) is 0.843. The van der Waals surface area contributed by atoms with Gasteiger partial charge in [-0.05, 0) is 37.2 Å². The Morgan fingerprint density at radius 2 is 2.00 bits per heavy atom. The first-order valence-corrected chi connectivity index (χ1v) is 9.27. The Balaban J connectivity index is 0.000000345. The Morgan fingerprint density at radius 3 is 2.46 bits per heavy atom. The number of halogens is 4. The molecule has 9 heteroatoms. The zero-order valence-electron chi connectivity index (χ0n) is 16.0. The minimum Gasteiger partial charge on any atom is -0.475 e. The van der Waals surface area contributed by atoms with Gasteiger partial charge in [0.05, 0.1) is 18.4 Å². The number of hydrogen-bond acceptors (Lipinski definition) is 4. The second-order valence-corrected chi connectivity index (χ2v) is 7.75. The molecule has 0 amide bonds. The second kappa shape index (κ2) is 9.17. The monoisotopic (exact) mass is 406 g/mol. The van der Waals surface area contributed by atoms with Crippen molar-refractivity contribution in [3.63, 3.8) is 0 Å². The smallest absolute Gasteiger partial charge is 0.475 e. The molecule has 1 unspecified atom stereocenters. The van der Waals surface area contributed by atoms with Crippen molar-refractivity contribution in [2.45, 2.75) is 51.4 Å². The molecule has 1 N–H and O–H groups in total. The number of hydrogen-bond donors (Lipinski definition) is 1. The zero-order chi connectivity index (χ0) is 20.9. The van der Waals surface area contributed by atoms with E-state index in [1.807, 2.05) is 0 Å². The van der Waals surface area contributed by atoms with Crippen molar-refractivity contribution in [1.29, 1.82) is 0 Å². The van der Waals surface area contributed by atoms with Crippen LogP contribution in [-0.4, -0.2) is 52.4 Å². The molecule has 28 heavy (non-hydrogen) atoms. The third kappa shape index (κ3) is 6.13. The Morgan fingerprint density at radius 1 is 1.39 bits per heavy atom.